The number of nitrogens with zero attached hydrogens (tertiary/aromatic N) is 2. The lowest BCUT2D eigenvalue weighted by atomic mass is 9.87. The Morgan fingerprint density at radius 3 is 2.75 bits per heavy atom. The van der Waals surface area contributed by atoms with Gasteiger partial charge >= 0.3 is 0 Å². The molecule has 3 atom stereocenters. The molecular formula is C14H25N3O3. The first-order valence-electron chi connectivity index (χ1n) is 7.33. The van der Waals surface area contributed by atoms with Crippen LogP contribution in [0.4, 0.5) is 0 Å². The van der Waals surface area contributed by atoms with Crippen molar-refractivity contribution in [1.29, 1.82) is 0 Å². The average molecular weight is 283 g/mol. The number of hydrogen-bond donors (Lipinski definition) is 2. The number of rotatable bonds is 5. The monoisotopic (exact) mass is 283 g/mol. The van der Waals surface area contributed by atoms with Crippen molar-refractivity contribution in [2.24, 2.45) is 5.73 Å². The van der Waals surface area contributed by atoms with Crippen LogP contribution in [0.25, 0.3) is 0 Å². The number of carbonyl (C=O) groups excluding carboxylic acids is 2. The highest BCUT2D eigenvalue weighted by molar-refractivity contribution is 5.85. The van der Waals surface area contributed by atoms with Crippen LogP contribution >= 0.6 is 0 Å². The highest BCUT2D eigenvalue weighted by Crippen LogP contribution is 2.43. The first-order valence-corrected chi connectivity index (χ1v) is 7.33. The van der Waals surface area contributed by atoms with Crippen molar-refractivity contribution in [1.82, 2.24) is 9.80 Å². The minimum atomic E-state index is -0.652. The summed E-state index contributed by atoms with van der Waals surface area (Å²) in [5.74, 6) is -0.345. The molecule has 2 fully saturated rings. The second-order valence-corrected chi connectivity index (χ2v) is 6.19. The molecular weight excluding hydrogens is 258 g/mol. The Labute approximate surface area is 119 Å². The first kappa shape index (κ1) is 15.3. The summed E-state index contributed by atoms with van der Waals surface area (Å²) in [5.41, 5.74) is 5.06. The molecule has 2 heterocycles. The van der Waals surface area contributed by atoms with Crippen molar-refractivity contribution >= 4 is 11.8 Å². The van der Waals surface area contributed by atoms with Crippen molar-refractivity contribution in [3.63, 3.8) is 0 Å². The SMILES string of the molecule is CC(=O)N(C)C[C@H](O)CN1[C@H]2CCC[C@]1(C(N)=O)CC2. The van der Waals surface area contributed by atoms with Crippen molar-refractivity contribution < 1.29 is 14.7 Å². The normalized spacial score (nSPS) is 31.1. The average Bonchev–Trinajstić information content (AvgIpc) is 2.59. The van der Waals surface area contributed by atoms with Crippen LogP contribution in [0.15, 0.2) is 0 Å². The highest BCUT2D eigenvalue weighted by atomic mass is 16.3. The smallest absolute Gasteiger partial charge is 0.237 e. The minimum absolute atomic E-state index is 0.0738. The van der Waals surface area contributed by atoms with Crippen LogP contribution in [0.2, 0.25) is 0 Å². The molecule has 0 spiro atoms. The van der Waals surface area contributed by atoms with E-state index in [9.17, 15) is 14.7 Å². The molecule has 0 unspecified atom stereocenters. The summed E-state index contributed by atoms with van der Waals surface area (Å²) in [7, 11) is 1.67. The minimum Gasteiger partial charge on any atom is -0.390 e. The van der Waals surface area contributed by atoms with Gasteiger partial charge in [-0.3, -0.25) is 14.5 Å². The van der Waals surface area contributed by atoms with E-state index in [1.54, 1.807) is 7.05 Å². The number of carbonyl (C=O) groups is 2. The molecule has 2 bridgehead atoms. The van der Waals surface area contributed by atoms with Crippen molar-refractivity contribution in [2.45, 2.75) is 56.7 Å². The van der Waals surface area contributed by atoms with Crippen LogP contribution in [0.5, 0.6) is 0 Å². The zero-order valence-electron chi connectivity index (χ0n) is 12.3. The summed E-state index contributed by atoms with van der Waals surface area (Å²) in [6.45, 7) is 2.17. The Morgan fingerprint density at radius 2 is 2.15 bits per heavy atom. The quantitative estimate of drug-likeness (QED) is 0.725. The molecule has 0 aromatic rings. The van der Waals surface area contributed by atoms with Crippen molar-refractivity contribution in [3.05, 3.63) is 0 Å². The fourth-order valence-electron chi connectivity index (χ4n) is 3.69. The van der Waals surface area contributed by atoms with Crippen LogP contribution in [-0.2, 0) is 9.59 Å². The van der Waals surface area contributed by atoms with Gasteiger partial charge in [0.05, 0.1) is 6.10 Å². The van der Waals surface area contributed by atoms with Crippen LogP contribution < -0.4 is 5.73 Å². The third-order valence-corrected chi connectivity index (χ3v) is 4.90. The summed E-state index contributed by atoms with van der Waals surface area (Å²) in [6.07, 6.45) is 3.98. The fourth-order valence-corrected chi connectivity index (χ4v) is 3.69. The van der Waals surface area contributed by atoms with E-state index < -0.39 is 11.6 Å². The molecule has 0 aliphatic carbocycles. The van der Waals surface area contributed by atoms with Crippen LogP contribution in [0.3, 0.4) is 0 Å². The van der Waals surface area contributed by atoms with E-state index in [0.717, 1.165) is 32.1 Å². The Kier molecular flexibility index (Phi) is 4.34. The molecule has 2 rings (SSSR count). The van der Waals surface area contributed by atoms with Gasteiger partial charge in [0.25, 0.3) is 0 Å². The summed E-state index contributed by atoms with van der Waals surface area (Å²) in [6, 6.07) is 0.341. The second-order valence-electron chi connectivity index (χ2n) is 6.19. The molecule has 114 valence electrons. The van der Waals surface area contributed by atoms with Gasteiger partial charge in [0.1, 0.15) is 5.54 Å². The van der Waals surface area contributed by atoms with Gasteiger partial charge in [-0.25, -0.2) is 0 Å². The molecule has 6 heteroatoms. The van der Waals surface area contributed by atoms with Crippen LogP contribution in [-0.4, -0.2) is 64.5 Å². The number of primary amides is 1. The summed E-state index contributed by atoms with van der Waals surface area (Å²) >= 11 is 0. The number of aliphatic hydroxyl groups excluding tert-OH is 1. The third kappa shape index (κ3) is 2.67. The molecule has 2 aliphatic heterocycles. The number of nitrogens with two attached hydrogens (primary N) is 1. The molecule has 2 amide bonds. The van der Waals surface area contributed by atoms with Gasteiger partial charge < -0.3 is 15.7 Å². The number of fused-ring (bicyclic) bond motifs is 2. The lowest BCUT2D eigenvalue weighted by Crippen LogP contribution is -2.60. The molecule has 0 aromatic heterocycles. The zero-order valence-corrected chi connectivity index (χ0v) is 12.3. The molecule has 0 aromatic carbocycles. The number of β-amino-alcohol motifs (C(OH)–C–C–N with tert-alkyl or cyclic N) is 1. The number of amides is 2. The standard InChI is InChI=1S/C14H25N3O3/c1-10(18)16(2)8-12(19)9-17-11-4-3-6-14(17,7-5-11)13(15)20/h11-12,19H,3-9H2,1-2H3,(H2,15,20)/t11-,12-,14+/m0/s1. The predicted octanol–water partition coefficient (Wildman–Crippen LogP) is -0.302. The summed E-state index contributed by atoms with van der Waals surface area (Å²) in [5, 5.41) is 10.2. The number of aliphatic hydroxyl groups is 1. The zero-order chi connectivity index (χ0) is 14.9. The van der Waals surface area contributed by atoms with Gasteiger partial charge in [0.15, 0.2) is 0 Å². The van der Waals surface area contributed by atoms with Gasteiger partial charge in [-0.15, -0.1) is 0 Å². The van der Waals surface area contributed by atoms with Gasteiger partial charge in [0, 0.05) is 33.1 Å². The Morgan fingerprint density at radius 1 is 1.45 bits per heavy atom. The third-order valence-electron chi connectivity index (χ3n) is 4.90. The Bertz CT molecular complexity index is 397. The molecule has 3 N–H and O–H groups in total. The van der Waals surface area contributed by atoms with E-state index in [4.69, 9.17) is 5.73 Å². The number of likely N-dealkylation sites (N-methyl/N-ethyl adjacent to an activating group) is 1. The first-order chi connectivity index (χ1) is 9.36. The van der Waals surface area contributed by atoms with Crippen molar-refractivity contribution in [2.75, 3.05) is 20.1 Å². The fraction of sp³-hybridized carbons (Fsp3) is 0.857. The number of hydrogen-bond acceptors (Lipinski definition) is 4. The molecule has 0 saturated carbocycles. The maximum absolute atomic E-state index is 11.9. The van der Waals surface area contributed by atoms with Gasteiger partial charge in [-0.2, -0.15) is 0 Å². The van der Waals surface area contributed by atoms with Gasteiger partial charge in [-0.1, -0.05) is 0 Å². The molecule has 6 nitrogen and oxygen atoms in total. The van der Waals surface area contributed by atoms with E-state index in [-0.39, 0.29) is 18.4 Å². The lowest BCUT2D eigenvalue weighted by Gasteiger charge is -2.43. The lowest BCUT2D eigenvalue weighted by molar-refractivity contribution is -0.134. The predicted molar refractivity (Wildman–Crippen MR) is 74.8 cm³/mol. The van der Waals surface area contributed by atoms with Crippen molar-refractivity contribution in [3.8, 4) is 0 Å². The van der Waals surface area contributed by atoms with Crippen LogP contribution in [0.1, 0.15) is 39.0 Å². The largest absolute Gasteiger partial charge is 0.390 e. The maximum Gasteiger partial charge on any atom is 0.237 e. The van der Waals surface area contributed by atoms with Gasteiger partial charge in [0.2, 0.25) is 11.8 Å². The molecule has 20 heavy (non-hydrogen) atoms. The Hall–Kier alpha value is -1.14. The Balaban J connectivity index is 2.04. The highest BCUT2D eigenvalue weighted by Gasteiger charge is 2.52. The van der Waals surface area contributed by atoms with Crippen LogP contribution in [0, 0.1) is 0 Å². The van der Waals surface area contributed by atoms with E-state index in [1.807, 2.05) is 0 Å². The van der Waals surface area contributed by atoms with E-state index in [1.165, 1.54) is 11.8 Å². The summed E-state index contributed by atoms with van der Waals surface area (Å²) < 4.78 is 0. The van der Waals surface area contributed by atoms with Gasteiger partial charge in [-0.05, 0) is 32.1 Å². The summed E-state index contributed by atoms with van der Waals surface area (Å²) in [4.78, 5) is 26.7. The molecule has 2 saturated heterocycles. The molecule has 0 radical (unpaired) electrons. The van der Waals surface area contributed by atoms with E-state index in [0.29, 0.717) is 12.6 Å². The second kappa shape index (κ2) is 5.69. The van der Waals surface area contributed by atoms with E-state index >= 15 is 0 Å². The molecule has 2 aliphatic rings. The maximum atomic E-state index is 11.9. The topological polar surface area (TPSA) is 86.9 Å². The number of piperidine rings is 1. The van der Waals surface area contributed by atoms with E-state index in [2.05, 4.69) is 4.90 Å².